The van der Waals surface area contributed by atoms with Gasteiger partial charge in [-0.05, 0) is 12.1 Å². The Hall–Kier alpha value is -2.03. The largest absolute Gasteiger partial charge is 0.451 e. The predicted molar refractivity (Wildman–Crippen MR) is 97.4 cm³/mol. The molecule has 0 spiro atoms. The maximum Gasteiger partial charge on any atom is 0.451 e. The molecule has 0 saturated heterocycles. The molecule has 1 aliphatic heterocycles. The van der Waals surface area contributed by atoms with E-state index in [4.69, 9.17) is 11.6 Å². The summed E-state index contributed by atoms with van der Waals surface area (Å²) in [7, 11) is 0. The summed E-state index contributed by atoms with van der Waals surface area (Å²) in [6.45, 7) is 1.78. The summed E-state index contributed by atoms with van der Waals surface area (Å²) in [6, 6.07) is 7.51. The minimum absolute atomic E-state index is 0.467. The van der Waals surface area contributed by atoms with E-state index < -0.39 is 12.0 Å². The van der Waals surface area contributed by atoms with Crippen LogP contribution in [0.5, 0.6) is 0 Å². The monoisotopic (exact) mass is 410 g/mol. The zero-order valence-electron chi connectivity index (χ0n) is 14.0. The first-order chi connectivity index (χ1) is 12.9. The summed E-state index contributed by atoms with van der Waals surface area (Å²) < 4.78 is 38.2. The molecular weight excluding hydrogens is 397 g/mol. The van der Waals surface area contributed by atoms with Crippen LogP contribution in [0.3, 0.4) is 0 Å². The van der Waals surface area contributed by atoms with Crippen LogP contribution in [0.2, 0.25) is 5.02 Å². The predicted octanol–water partition coefficient (Wildman–Crippen LogP) is 4.83. The molecule has 0 fully saturated rings. The van der Waals surface area contributed by atoms with Gasteiger partial charge in [0.25, 0.3) is 0 Å². The van der Waals surface area contributed by atoms with Crippen molar-refractivity contribution in [3.8, 4) is 10.6 Å². The number of nitrogens with zero attached hydrogens (tertiary/aromatic N) is 4. The minimum atomic E-state index is -4.51. The number of hydrogen-bond donors (Lipinski definition) is 0. The maximum absolute atomic E-state index is 12.7. The summed E-state index contributed by atoms with van der Waals surface area (Å²) in [6.07, 6.45) is -2.75. The fraction of sp³-hybridized carbons (Fsp3) is 0.278. The lowest BCUT2D eigenvalue weighted by Gasteiger charge is -2.27. The molecule has 3 aromatic rings. The molecular formula is C18H14ClF3N4S. The van der Waals surface area contributed by atoms with Crippen molar-refractivity contribution in [3.63, 3.8) is 0 Å². The standard InChI is InChI=1S/C18H14ClF3N4S/c19-13-3-1-11(2-4-13)16-24-14(10-27-16)9-26-6-5-15-12(8-26)7-23-17(25-15)18(20,21)22/h1-4,7,10H,5-6,8-9H2. The molecule has 0 amide bonds. The van der Waals surface area contributed by atoms with E-state index in [0.717, 1.165) is 21.8 Å². The number of benzene rings is 1. The Bertz CT molecular complexity index is 956. The first-order valence-electron chi connectivity index (χ1n) is 8.23. The summed E-state index contributed by atoms with van der Waals surface area (Å²) >= 11 is 7.47. The molecule has 0 saturated carbocycles. The second-order valence-corrected chi connectivity index (χ2v) is 7.57. The molecule has 3 heterocycles. The fourth-order valence-electron chi connectivity index (χ4n) is 2.98. The third-order valence-corrected chi connectivity index (χ3v) is 5.49. The molecule has 27 heavy (non-hydrogen) atoms. The molecule has 2 aromatic heterocycles. The van der Waals surface area contributed by atoms with Crippen molar-refractivity contribution in [2.75, 3.05) is 6.54 Å². The molecule has 0 atom stereocenters. The Morgan fingerprint density at radius 1 is 1.15 bits per heavy atom. The van der Waals surface area contributed by atoms with Crippen molar-refractivity contribution in [1.82, 2.24) is 19.9 Å². The van der Waals surface area contributed by atoms with Crippen molar-refractivity contribution < 1.29 is 13.2 Å². The van der Waals surface area contributed by atoms with Crippen LogP contribution in [0.1, 0.15) is 22.8 Å². The Balaban J connectivity index is 1.45. The van der Waals surface area contributed by atoms with E-state index in [9.17, 15) is 13.2 Å². The number of fused-ring (bicyclic) bond motifs is 1. The van der Waals surface area contributed by atoms with Crippen LogP contribution in [-0.2, 0) is 25.7 Å². The van der Waals surface area contributed by atoms with Gasteiger partial charge in [-0.3, -0.25) is 4.90 Å². The second-order valence-electron chi connectivity index (χ2n) is 6.27. The maximum atomic E-state index is 12.7. The zero-order chi connectivity index (χ0) is 19.0. The van der Waals surface area contributed by atoms with E-state index in [2.05, 4.69) is 19.9 Å². The van der Waals surface area contributed by atoms with Crippen molar-refractivity contribution >= 4 is 22.9 Å². The highest BCUT2D eigenvalue weighted by Gasteiger charge is 2.35. The van der Waals surface area contributed by atoms with Crippen molar-refractivity contribution in [3.05, 3.63) is 63.6 Å². The Kier molecular flexibility index (Phi) is 4.88. The van der Waals surface area contributed by atoms with Crippen LogP contribution < -0.4 is 0 Å². The number of hydrogen-bond acceptors (Lipinski definition) is 5. The highest BCUT2D eigenvalue weighted by atomic mass is 35.5. The minimum Gasteiger partial charge on any atom is -0.293 e. The van der Waals surface area contributed by atoms with Crippen LogP contribution in [0.15, 0.2) is 35.8 Å². The van der Waals surface area contributed by atoms with Gasteiger partial charge in [-0.15, -0.1) is 11.3 Å². The normalized spacial score (nSPS) is 15.0. The van der Waals surface area contributed by atoms with Crippen LogP contribution >= 0.6 is 22.9 Å². The first kappa shape index (κ1) is 18.3. The first-order valence-corrected chi connectivity index (χ1v) is 9.49. The van der Waals surface area contributed by atoms with E-state index in [1.165, 1.54) is 6.20 Å². The van der Waals surface area contributed by atoms with E-state index in [0.29, 0.717) is 36.8 Å². The van der Waals surface area contributed by atoms with E-state index in [1.807, 2.05) is 29.6 Å². The van der Waals surface area contributed by atoms with E-state index >= 15 is 0 Å². The number of rotatable bonds is 3. The second kappa shape index (κ2) is 7.18. The van der Waals surface area contributed by atoms with Crippen LogP contribution in [0, 0.1) is 0 Å². The van der Waals surface area contributed by atoms with Gasteiger partial charge in [0.1, 0.15) is 5.01 Å². The number of halogens is 4. The van der Waals surface area contributed by atoms with Crippen LogP contribution in [0.25, 0.3) is 10.6 Å². The van der Waals surface area contributed by atoms with E-state index in [-0.39, 0.29) is 0 Å². The molecule has 140 valence electrons. The zero-order valence-corrected chi connectivity index (χ0v) is 15.6. The van der Waals surface area contributed by atoms with Gasteiger partial charge in [-0.1, -0.05) is 23.7 Å². The van der Waals surface area contributed by atoms with Gasteiger partial charge in [0.2, 0.25) is 5.82 Å². The average Bonchev–Trinajstić information content (AvgIpc) is 3.09. The number of thiazole rings is 1. The van der Waals surface area contributed by atoms with Crippen LogP contribution in [0.4, 0.5) is 13.2 Å². The molecule has 0 aliphatic carbocycles. The van der Waals surface area contributed by atoms with Gasteiger partial charge >= 0.3 is 6.18 Å². The van der Waals surface area contributed by atoms with Gasteiger partial charge in [-0.25, -0.2) is 15.0 Å². The lowest BCUT2D eigenvalue weighted by molar-refractivity contribution is -0.145. The summed E-state index contributed by atoms with van der Waals surface area (Å²) in [5.41, 5.74) is 3.16. The number of alkyl halides is 3. The molecule has 1 aromatic carbocycles. The van der Waals surface area contributed by atoms with Crippen molar-refractivity contribution in [2.45, 2.75) is 25.7 Å². The molecule has 9 heteroatoms. The van der Waals surface area contributed by atoms with Gasteiger partial charge in [0, 0.05) is 53.8 Å². The number of aromatic nitrogens is 3. The lowest BCUT2D eigenvalue weighted by Crippen LogP contribution is -2.31. The lowest BCUT2D eigenvalue weighted by atomic mass is 10.1. The summed E-state index contributed by atoms with van der Waals surface area (Å²) in [5, 5.41) is 3.60. The average molecular weight is 411 g/mol. The smallest absolute Gasteiger partial charge is 0.293 e. The molecule has 4 nitrogen and oxygen atoms in total. The molecule has 0 N–H and O–H groups in total. The highest BCUT2D eigenvalue weighted by molar-refractivity contribution is 7.13. The third-order valence-electron chi connectivity index (χ3n) is 4.30. The molecule has 0 radical (unpaired) electrons. The molecule has 0 unspecified atom stereocenters. The molecule has 0 bridgehead atoms. The molecule has 1 aliphatic rings. The third kappa shape index (κ3) is 4.12. The summed E-state index contributed by atoms with van der Waals surface area (Å²) in [5.74, 6) is -1.07. The summed E-state index contributed by atoms with van der Waals surface area (Å²) in [4.78, 5) is 14.0. The Morgan fingerprint density at radius 3 is 2.67 bits per heavy atom. The SMILES string of the molecule is FC(F)(F)c1ncc2c(n1)CCN(Cc1csc(-c3ccc(Cl)cc3)n1)C2. The van der Waals surface area contributed by atoms with Crippen molar-refractivity contribution in [2.24, 2.45) is 0 Å². The van der Waals surface area contributed by atoms with Gasteiger partial charge in [-0.2, -0.15) is 13.2 Å². The van der Waals surface area contributed by atoms with Crippen LogP contribution in [-0.4, -0.2) is 26.4 Å². The Morgan fingerprint density at radius 2 is 1.93 bits per heavy atom. The van der Waals surface area contributed by atoms with Gasteiger partial charge < -0.3 is 0 Å². The van der Waals surface area contributed by atoms with Crippen molar-refractivity contribution in [1.29, 1.82) is 0 Å². The fourth-order valence-corrected chi connectivity index (χ4v) is 3.92. The van der Waals surface area contributed by atoms with Gasteiger partial charge in [0.05, 0.1) is 11.4 Å². The highest BCUT2D eigenvalue weighted by Crippen LogP contribution is 2.29. The topological polar surface area (TPSA) is 41.9 Å². The van der Waals surface area contributed by atoms with Gasteiger partial charge in [0.15, 0.2) is 0 Å². The molecule has 4 rings (SSSR count). The quantitative estimate of drug-likeness (QED) is 0.620. The Labute approximate surface area is 162 Å². The van der Waals surface area contributed by atoms with E-state index in [1.54, 1.807) is 11.3 Å².